The molecule has 2 aliphatic rings. The molecule has 1 aliphatic carbocycles. The number of carbonyl (C=O) groups is 1. The number of hydrogen-bond acceptors (Lipinski definition) is 5. The Kier molecular flexibility index (Phi) is 5.98. The Balaban J connectivity index is 1.38. The van der Waals surface area contributed by atoms with Crippen molar-refractivity contribution in [2.45, 2.75) is 12.2 Å². The highest BCUT2D eigenvalue weighted by Crippen LogP contribution is 2.30. The molecule has 6 nitrogen and oxygen atoms in total. The minimum atomic E-state index is -1.06. The Bertz CT molecular complexity index is 758. The monoisotopic (exact) mass is 377 g/mol. The number of carboxylic acids is 1. The highest BCUT2D eigenvalue weighted by Gasteiger charge is 2.31. The highest BCUT2D eigenvalue weighted by atomic mass is 35.5. The van der Waals surface area contributed by atoms with Crippen LogP contribution >= 0.6 is 11.6 Å². The molecule has 2 unspecified atom stereocenters. The van der Waals surface area contributed by atoms with Crippen LogP contribution in [-0.4, -0.2) is 42.0 Å². The predicted molar refractivity (Wildman–Crippen MR) is 96.5 cm³/mol. The van der Waals surface area contributed by atoms with Crippen molar-refractivity contribution in [2.75, 3.05) is 19.7 Å². The molecular weight excluding hydrogens is 358 g/mol. The number of benzene rings is 1. The lowest BCUT2D eigenvalue weighted by Gasteiger charge is -2.19. The number of carboxylic acid groups (broad SMARTS) is 1. The van der Waals surface area contributed by atoms with Crippen molar-refractivity contribution < 1.29 is 24.5 Å². The lowest BCUT2D eigenvalue weighted by atomic mass is 9.98. The second-order valence-corrected chi connectivity index (χ2v) is 6.48. The lowest BCUT2D eigenvalue weighted by Crippen LogP contribution is -2.25. The molecule has 3 atom stereocenters. The van der Waals surface area contributed by atoms with Crippen LogP contribution in [0.5, 0.6) is 0 Å². The van der Waals surface area contributed by atoms with Gasteiger partial charge in [-0.2, -0.15) is 0 Å². The number of rotatable bonds is 8. The van der Waals surface area contributed by atoms with E-state index in [1.165, 1.54) is 0 Å². The van der Waals surface area contributed by atoms with Crippen LogP contribution in [0.2, 0.25) is 5.02 Å². The van der Waals surface area contributed by atoms with E-state index in [1.807, 2.05) is 18.2 Å². The summed E-state index contributed by atoms with van der Waals surface area (Å²) < 4.78 is 11.0. The summed E-state index contributed by atoms with van der Waals surface area (Å²) in [5, 5.41) is 22.8. The van der Waals surface area contributed by atoms with Gasteiger partial charge in [-0.05, 0) is 35.9 Å². The van der Waals surface area contributed by atoms with Crippen molar-refractivity contribution in [3.63, 3.8) is 0 Å². The maximum absolute atomic E-state index is 10.9. The third-order valence-electron chi connectivity index (χ3n) is 4.13. The Morgan fingerprint density at radius 1 is 1.38 bits per heavy atom. The van der Waals surface area contributed by atoms with Crippen molar-refractivity contribution in [1.82, 2.24) is 5.32 Å². The Hall–Kier alpha value is -2.28. The van der Waals surface area contributed by atoms with Gasteiger partial charge in [0.1, 0.15) is 18.5 Å². The van der Waals surface area contributed by atoms with E-state index in [0.29, 0.717) is 30.5 Å². The maximum Gasteiger partial charge on any atom is 0.370 e. The van der Waals surface area contributed by atoms with Crippen LogP contribution < -0.4 is 5.32 Å². The summed E-state index contributed by atoms with van der Waals surface area (Å²) >= 11 is 5.91. The molecule has 0 bridgehead atoms. The van der Waals surface area contributed by atoms with E-state index in [1.54, 1.807) is 30.4 Å². The van der Waals surface area contributed by atoms with E-state index in [2.05, 4.69) is 5.32 Å². The van der Waals surface area contributed by atoms with Crippen LogP contribution in [0.4, 0.5) is 0 Å². The van der Waals surface area contributed by atoms with E-state index < -0.39 is 12.1 Å². The predicted octanol–water partition coefficient (Wildman–Crippen LogP) is 2.42. The van der Waals surface area contributed by atoms with Gasteiger partial charge in [-0.25, -0.2) is 4.79 Å². The van der Waals surface area contributed by atoms with E-state index in [-0.39, 0.29) is 17.8 Å². The Morgan fingerprint density at radius 3 is 3.00 bits per heavy atom. The fourth-order valence-electron chi connectivity index (χ4n) is 2.80. The molecule has 3 rings (SSSR count). The molecule has 26 heavy (non-hydrogen) atoms. The molecule has 138 valence electrons. The van der Waals surface area contributed by atoms with Crippen LogP contribution in [-0.2, 0) is 14.3 Å². The highest BCUT2D eigenvalue weighted by molar-refractivity contribution is 6.30. The number of nitrogens with one attached hydrogen (secondary N) is 1. The first-order valence-electron chi connectivity index (χ1n) is 8.32. The normalized spacial score (nSPS) is 22.1. The Labute approximate surface area is 156 Å². The zero-order valence-corrected chi connectivity index (χ0v) is 14.7. The number of hydrogen-bond donors (Lipinski definition) is 3. The average Bonchev–Trinajstić information content (AvgIpc) is 3.05. The molecular formula is C19H20ClNO5. The molecule has 0 aromatic heterocycles. The van der Waals surface area contributed by atoms with Crippen molar-refractivity contribution in [3.05, 3.63) is 70.7 Å². The molecule has 1 heterocycles. The maximum atomic E-state index is 10.9. The number of ether oxygens (including phenoxy) is 2. The van der Waals surface area contributed by atoms with Crippen molar-refractivity contribution >= 4 is 17.6 Å². The van der Waals surface area contributed by atoms with Crippen LogP contribution in [0.25, 0.3) is 0 Å². The van der Waals surface area contributed by atoms with Gasteiger partial charge < -0.3 is 25.0 Å². The third-order valence-corrected chi connectivity index (χ3v) is 4.36. The quantitative estimate of drug-likeness (QED) is 0.603. The molecule has 1 aromatic carbocycles. The second kappa shape index (κ2) is 8.40. The van der Waals surface area contributed by atoms with Gasteiger partial charge in [-0.1, -0.05) is 29.8 Å². The summed E-state index contributed by atoms with van der Waals surface area (Å²) in [6.45, 7) is 1.35. The molecule has 7 heteroatoms. The van der Waals surface area contributed by atoms with Gasteiger partial charge in [0.15, 0.2) is 0 Å². The fraction of sp³-hybridized carbons (Fsp3) is 0.316. The number of aliphatic hydroxyl groups excluding tert-OH is 1. The van der Waals surface area contributed by atoms with Crippen LogP contribution in [0, 0.1) is 5.92 Å². The molecule has 0 saturated carbocycles. The number of aliphatic carboxylic acids is 1. The minimum Gasteiger partial charge on any atom is -0.492 e. The average molecular weight is 378 g/mol. The SMILES string of the molecule is O=C(O)C1=CC2C=CC(OCCNC[C@H](O)c3cccc(Cl)c3)=CC2O1. The van der Waals surface area contributed by atoms with Crippen molar-refractivity contribution in [2.24, 2.45) is 5.92 Å². The van der Waals surface area contributed by atoms with E-state index in [9.17, 15) is 9.90 Å². The molecule has 0 radical (unpaired) electrons. The van der Waals surface area contributed by atoms with E-state index in [4.69, 9.17) is 26.2 Å². The first-order chi connectivity index (χ1) is 12.5. The van der Waals surface area contributed by atoms with Crippen LogP contribution in [0.3, 0.4) is 0 Å². The van der Waals surface area contributed by atoms with Gasteiger partial charge in [0, 0.05) is 24.0 Å². The molecule has 0 fully saturated rings. The molecule has 0 spiro atoms. The standard InChI is InChI=1S/C19H20ClNO5/c20-14-3-1-2-12(8-14)16(22)11-21-6-7-25-15-5-4-13-9-18(19(23)24)26-17(13)10-15/h1-5,8-10,13,16-17,21-22H,6-7,11H2,(H,23,24)/t13?,16-,17?/m0/s1. The van der Waals surface area contributed by atoms with Gasteiger partial charge in [-0.15, -0.1) is 0 Å². The van der Waals surface area contributed by atoms with Gasteiger partial charge in [-0.3, -0.25) is 0 Å². The molecule has 1 aliphatic heterocycles. The minimum absolute atomic E-state index is 0.0289. The summed E-state index contributed by atoms with van der Waals surface area (Å²) in [7, 11) is 0. The van der Waals surface area contributed by atoms with Crippen molar-refractivity contribution in [1.29, 1.82) is 0 Å². The number of aliphatic hydroxyl groups is 1. The largest absolute Gasteiger partial charge is 0.492 e. The number of allylic oxidation sites excluding steroid dienone is 1. The second-order valence-electron chi connectivity index (χ2n) is 6.05. The molecule has 3 N–H and O–H groups in total. The summed E-state index contributed by atoms with van der Waals surface area (Å²) in [5.74, 6) is -0.521. The summed E-state index contributed by atoms with van der Waals surface area (Å²) in [5.41, 5.74) is 0.759. The van der Waals surface area contributed by atoms with Gasteiger partial charge in [0.2, 0.25) is 5.76 Å². The summed E-state index contributed by atoms with van der Waals surface area (Å²) in [6, 6.07) is 7.12. The van der Waals surface area contributed by atoms with Crippen molar-refractivity contribution in [3.8, 4) is 0 Å². The first-order valence-corrected chi connectivity index (χ1v) is 8.69. The lowest BCUT2D eigenvalue weighted by molar-refractivity contribution is -0.136. The zero-order chi connectivity index (χ0) is 18.5. The van der Waals surface area contributed by atoms with Gasteiger partial charge >= 0.3 is 5.97 Å². The van der Waals surface area contributed by atoms with Gasteiger partial charge in [0.25, 0.3) is 0 Å². The fourth-order valence-corrected chi connectivity index (χ4v) is 3.00. The summed E-state index contributed by atoms with van der Waals surface area (Å²) in [4.78, 5) is 10.9. The number of halogens is 1. The first kappa shape index (κ1) is 18.5. The van der Waals surface area contributed by atoms with E-state index >= 15 is 0 Å². The third kappa shape index (κ3) is 4.66. The van der Waals surface area contributed by atoms with Gasteiger partial charge in [0.05, 0.1) is 6.10 Å². The zero-order valence-electron chi connectivity index (χ0n) is 14.0. The van der Waals surface area contributed by atoms with Crippen LogP contribution in [0.1, 0.15) is 11.7 Å². The number of fused-ring (bicyclic) bond motifs is 1. The molecule has 0 amide bonds. The van der Waals surface area contributed by atoms with Crippen LogP contribution in [0.15, 0.2) is 60.1 Å². The molecule has 1 aromatic rings. The smallest absolute Gasteiger partial charge is 0.370 e. The molecule has 0 saturated heterocycles. The topological polar surface area (TPSA) is 88.0 Å². The summed E-state index contributed by atoms with van der Waals surface area (Å²) in [6.07, 6.45) is 6.07. The van der Waals surface area contributed by atoms with E-state index in [0.717, 1.165) is 5.56 Å². The Morgan fingerprint density at radius 2 is 2.23 bits per heavy atom.